The molecule has 2 aliphatic heterocycles. The van der Waals surface area contributed by atoms with E-state index in [1.807, 2.05) is 4.90 Å². The molecule has 2 fully saturated rings. The highest BCUT2D eigenvalue weighted by Gasteiger charge is 2.56. The minimum Gasteiger partial charge on any atom is -0.492 e. The molecule has 1 saturated heterocycles. The minimum absolute atomic E-state index is 0.00681. The van der Waals surface area contributed by atoms with E-state index in [0.29, 0.717) is 61.7 Å². The molecule has 3 heterocycles. The number of nitrogens with zero attached hydrogens (tertiary/aromatic N) is 5. The number of anilines is 1. The number of carbonyl (C=O) groups excluding carboxylic acids is 2. The predicted octanol–water partition coefficient (Wildman–Crippen LogP) is 2.77. The molecule has 2 aromatic rings. The number of hydrogen-bond acceptors (Lipinski definition) is 6. The van der Waals surface area contributed by atoms with E-state index in [0.717, 1.165) is 23.7 Å². The zero-order valence-electron chi connectivity index (χ0n) is 22.4. The zero-order chi connectivity index (χ0) is 28.3. The van der Waals surface area contributed by atoms with E-state index in [2.05, 4.69) is 12.0 Å². The molecule has 9 nitrogen and oxygen atoms in total. The van der Waals surface area contributed by atoms with Gasteiger partial charge in [0.1, 0.15) is 25.5 Å². The van der Waals surface area contributed by atoms with Gasteiger partial charge < -0.3 is 24.5 Å². The highest BCUT2D eigenvalue weighted by Crippen LogP contribution is 2.62. The quantitative estimate of drug-likeness (QED) is 0.606. The molecule has 0 bridgehead atoms. The van der Waals surface area contributed by atoms with E-state index in [9.17, 15) is 27.9 Å². The Morgan fingerprint density at radius 2 is 1.90 bits per heavy atom. The fraction of sp³-hybridized carbons (Fsp3) is 0.536. The maximum absolute atomic E-state index is 13.5. The van der Waals surface area contributed by atoms with Crippen molar-refractivity contribution in [1.82, 2.24) is 19.6 Å². The lowest BCUT2D eigenvalue weighted by Gasteiger charge is -2.37. The maximum atomic E-state index is 13.5. The van der Waals surface area contributed by atoms with Crippen LogP contribution in [0.2, 0.25) is 0 Å². The summed E-state index contributed by atoms with van der Waals surface area (Å²) in [4.78, 5) is 31.9. The van der Waals surface area contributed by atoms with Gasteiger partial charge in [-0.2, -0.15) is 18.3 Å². The van der Waals surface area contributed by atoms with Gasteiger partial charge >= 0.3 is 6.18 Å². The third kappa shape index (κ3) is 4.51. The molecular formula is C28H32F3N5O4. The van der Waals surface area contributed by atoms with Crippen LogP contribution in [-0.4, -0.2) is 82.4 Å². The minimum atomic E-state index is -4.42. The number of ether oxygens (including phenoxy) is 1. The molecule has 4 aliphatic rings. The lowest BCUT2D eigenvalue weighted by molar-refractivity contribution is -0.138. The molecule has 12 heteroatoms. The molecule has 2 amide bonds. The predicted molar refractivity (Wildman–Crippen MR) is 138 cm³/mol. The summed E-state index contributed by atoms with van der Waals surface area (Å²) in [6.45, 7) is 5.61. The number of hydrogen-bond donors (Lipinski definition) is 1. The summed E-state index contributed by atoms with van der Waals surface area (Å²) in [7, 11) is 0. The molecule has 1 aromatic heterocycles. The van der Waals surface area contributed by atoms with Gasteiger partial charge in [0.05, 0.1) is 12.1 Å². The molecule has 0 radical (unpaired) electrons. The van der Waals surface area contributed by atoms with Gasteiger partial charge in [-0.1, -0.05) is 13.0 Å². The molecule has 6 rings (SSSR count). The van der Waals surface area contributed by atoms with Crippen LogP contribution in [0.25, 0.3) is 0 Å². The van der Waals surface area contributed by atoms with Crippen LogP contribution in [-0.2, 0) is 28.7 Å². The fourth-order valence-corrected chi connectivity index (χ4v) is 6.56. The molecule has 40 heavy (non-hydrogen) atoms. The van der Waals surface area contributed by atoms with Crippen molar-refractivity contribution in [3.63, 3.8) is 0 Å². The Balaban J connectivity index is 1.16. The highest BCUT2D eigenvalue weighted by molar-refractivity contribution is 5.95. The average molecular weight is 560 g/mol. The number of aliphatic hydroxyl groups is 1. The van der Waals surface area contributed by atoms with Crippen LogP contribution >= 0.6 is 0 Å². The second-order valence-corrected chi connectivity index (χ2v) is 11.0. The summed E-state index contributed by atoms with van der Waals surface area (Å²) in [6.07, 6.45) is -2.13. The summed E-state index contributed by atoms with van der Waals surface area (Å²) in [6, 6.07) is 4.20. The number of aromatic nitrogens is 2. The normalized spacial score (nSPS) is 23.9. The Labute approximate surface area is 229 Å². The Hall–Kier alpha value is -3.54. The number of piperazine rings is 1. The third-order valence-electron chi connectivity index (χ3n) is 8.83. The van der Waals surface area contributed by atoms with Crippen molar-refractivity contribution in [2.45, 2.75) is 38.9 Å². The fourth-order valence-electron chi connectivity index (χ4n) is 6.56. The van der Waals surface area contributed by atoms with Crippen LogP contribution in [0.3, 0.4) is 0 Å². The molecule has 1 N–H and O–H groups in total. The summed E-state index contributed by atoms with van der Waals surface area (Å²) in [5.41, 5.74) is 2.31. The zero-order valence-corrected chi connectivity index (χ0v) is 22.4. The first-order valence-electron chi connectivity index (χ1n) is 13.6. The van der Waals surface area contributed by atoms with Gasteiger partial charge in [0.15, 0.2) is 5.69 Å². The number of rotatable bonds is 5. The number of carbonyl (C=O) groups is 2. The van der Waals surface area contributed by atoms with E-state index in [-0.39, 0.29) is 43.1 Å². The van der Waals surface area contributed by atoms with E-state index in [1.54, 1.807) is 15.6 Å². The van der Waals surface area contributed by atoms with Crippen LogP contribution in [0.5, 0.6) is 0 Å². The second-order valence-electron chi connectivity index (χ2n) is 11.0. The Kier molecular flexibility index (Phi) is 6.55. The monoisotopic (exact) mass is 559 g/mol. The van der Waals surface area contributed by atoms with Gasteiger partial charge in [0.25, 0.3) is 5.91 Å². The van der Waals surface area contributed by atoms with Crippen LogP contribution in [0.4, 0.5) is 18.9 Å². The van der Waals surface area contributed by atoms with E-state index in [4.69, 9.17) is 4.74 Å². The van der Waals surface area contributed by atoms with Gasteiger partial charge in [0.2, 0.25) is 5.91 Å². The van der Waals surface area contributed by atoms with Gasteiger partial charge in [-0.05, 0) is 48.8 Å². The van der Waals surface area contributed by atoms with E-state index in [1.165, 1.54) is 24.1 Å². The van der Waals surface area contributed by atoms with Crippen LogP contribution in [0, 0.1) is 18.8 Å². The van der Waals surface area contributed by atoms with E-state index < -0.39 is 11.7 Å². The van der Waals surface area contributed by atoms with Crippen molar-refractivity contribution in [2.75, 3.05) is 50.8 Å². The lowest BCUT2D eigenvalue weighted by Crippen LogP contribution is -2.50. The van der Waals surface area contributed by atoms with Crippen LogP contribution in [0.1, 0.15) is 45.7 Å². The first-order valence-corrected chi connectivity index (χ1v) is 13.6. The van der Waals surface area contributed by atoms with Crippen molar-refractivity contribution in [3.05, 3.63) is 58.2 Å². The Bertz CT molecular complexity index is 1380. The number of alkyl halides is 3. The molecule has 3 atom stereocenters. The highest BCUT2D eigenvalue weighted by atomic mass is 19.4. The van der Waals surface area contributed by atoms with Crippen molar-refractivity contribution < 1.29 is 32.6 Å². The Morgan fingerprint density at radius 1 is 1.15 bits per heavy atom. The van der Waals surface area contributed by atoms with Crippen LogP contribution in [0.15, 0.2) is 30.2 Å². The van der Waals surface area contributed by atoms with Gasteiger partial charge in [-0.3, -0.25) is 14.3 Å². The van der Waals surface area contributed by atoms with Gasteiger partial charge in [-0.25, -0.2) is 0 Å². The summed E-state index contributed by atoms with van der Waals surface area (Å²) in [5.74, 6) is 1.11. The topological polar surface area (TPSA) is 91.1 Å². The van der Waals surface area contributed by atoms with Gasteiger partial charge in [0, 0.05) is 49.3 Å². The molecular weight excluding hydrogens is 527 g/mol. The number of aliphatic hydroxyl groups excluding tert-OH is 1. The van der Waals surface area contributed by atoms with Crippen molar-refractivity contribution in [2.24, 2.45) is 11.8 Å². The molecule has 214 valence electrons. The Morgan fingerprint density at radius 3 is 2.60 bits per heavy atom. The van der Waals surface area contributed by atoms with Crippen molar-refractivity contribution >= 4 is 17.5 Å². The lowest BCUT2D eigenvalue weighted by atomic mass is 10.0. The third-order valence-corrected chi connectivity index (χ3v) is 8.83. The maximum Gasteiger partial charge on any atom is 0.416 e. The standard InChI is InChI=1S/C28H32F3N5O4/c1-16-19-12-22-25(24(16)19)26(27(39)35-10-11-40-18(13-35)15-37)32-36(22)14-23(38)34-8-6-33(7-9-34)21-5-3-4-20(17(21)2)28(29,30)31/h3-5,13,16,19,24,37H,6-12,14-15H2,1-2H3. The van der Waals surface area contributed by atoms with Gasteiger partial charge in [-0.15, -0.1) is 0 Å². The molecule has 1 aromatic carbocycles. The SMILES string of the molecule is Cc1c(N2CCN(C(=O)Cn3nc(C(=O)N4C=C(CO)OCC4)c4c3CC3C(C)C43)CC2)cccc1C(F)(F)F. The number of halogens is 3. The smallest absolute Gasteiger partial charge is 0.416 e. The summed E-state index contributed by atoms with van der Waals surface area (Å²) >= 11 is 0. The summed E-state index contributed by atoms with van der Waals surface area (Å²) in [5, 5.41) is 14.1. The van der Waals surface area contributed by atoms with Crippen LogP contribution < -0.4 is 4.90 Å². The molecule has 0 spiro atoms. The largest absolute Gasteiger partial charge is 0.492 e. The van der Waals surface area contributed by atoms with Crippen molar-refractivity contribution in [1.29, 1.82) is 0 Å². The number of amides is 2. The van der Waals surface area contributed by atoms with E-state index >= 15 is 0 Å². The molecule has 1 saturated carbocycles. The van der Waals surface area contributed by atoms with Crippen molar-refractivity contribution in [3.8, 4) is 0 Å². The average Bonchev–Trinajstić information content (AvgIpc) is 3.24. The molecule has 3 unspecified atom stereocenters. The number of benzene rings is 1. The molecule has 2 aliphatic carbocycles. The number of fused-ring (bicyclic) bond motifs is 3. The first kappa shape index (κ1) is 26.7. The summed E-state index contributed by atoms with van der Waals surface area (Å²) < 4.78 is 47.2. The second kappa shape index (κ2) is 9.83. The first-order chi connectivity index (χ1) is 19.1.